The molecule has 1 aromatic rings. The van der Waals surface area contributed by atoms with E-state index in [1.165, 1.54) is 0 Å². The summed E-state index contributed by atoms with van der Waals surface area (Å²) in [7, 11) is 3.38. The maximum Gasteiger partial charge on any atom is 0.254 e. The molecule has 1 amide bonds. The van der Waals surface area contributed by atoms with E-state index >= 15 is 0 Å². The molecule has 0 aromatic heterocycles. The highest BCUT2D eigenvalue weighted by molar-refractivity contribution is 6.32. The predicted molar refractivity (Wildman–Crippen MR) is 99.0 cm³/mol. The quantitative estimate of drug-likeness (QED) is 0.741. The van der Waals surface area contributed by atoms with Crippen LogP contribution in [0.3, 0.4) is 0 Å². The molecule has 1 unspecified atom stereocenters. The zero-order valence-electron chi connectivity index (χ0n) is 14.4. The zero-order valence-corrected chi connectivity index (χ0v) is 16.0. The van der Waals surface area contributed by atoms with Crippen LogP contribution in [0.1, 0.15) is 36.5 Å². The van der Waals surface area contributed by atoms with Crippen molar-refractivity contribution in [2.75, 3.05) is 33.9 Å². The second-order valence-corrected chi connectivity index (χ2v) is 6.16. The molecule has 5 nitrogen and oxygen atoms in total. The Morgan fingerprint density at radius 2 is 2.21 bits per heavy atom. The van der Waals surface area contributed by atoms with Gasteiger partial charge in [0.15, 0.2) is 11.5 Å². The number of methoxy groups -OCH3 is 1. The Kier molecular flexibility index (Phi) is 8.67. The third kappa shape index (κ3) is 4.91. The smallest absolute Gasteiger partial charge is 0.254 e. The Bertz CT molecular complexity index is 549. The molecule has 0 radical (unpaired) electrons. The van der Waals surface area contributed by atoms with Gasteiger partial charge in [0.05, 0.1) is 18.7 Å². The van der Waals surface area contributed by atoms with Gasteiger partial charge >= 0.3 is 0 Å². The lowest BCUT2D eigenvalue weighted by Crippen LogP contribution is -2.38. The number of carbonyl (C=O) groups is 1. The number of hydrogen-bond donors (Lipinski definition) is 1. The van der Waals surface area contributed by atoms with E-state index in [0.29, 0.717) is 28.7 Å². The van der Waals surface area contributed by atoms with Crippen molar-refractivity contribution >= 4 is 29.9 Å². The monoisotopic (exact) mass is 376 g/mol. The SMILES string of the molecule is CCCCOc1c(Cl)cc(C(=O)N(C)C2CCNC2)cc1OC.Cl. The average molecular weight is 377 g/mol. The fourth-order valence-electron chi connectivity index (χ4n) is 2.64. The van der Waals surface area contributed by atoms with Crippen molar-refractivity contribution in [3.8, 4) is 11.5 Å². The van der Waals surface area contributed by atoms with Crippen molar-refractivity contribution in [3.63, 3.8) is 0 Å². The number of rotatable bonds is 7. The van der Waals surface area contributed by atoms with Gasteiger partial charge in [-0.3, -0.25) is 4.79 Å². The molecule has 7 heteroatoms. The van der Waals surface area contributed by atoms with Crippen molar-refractivity contribution in [1.29, 1.82) is 0 Å². The molecule has 24 heavy (non-hydrogen) atoms. The molecule has 1 atom stereocenters. The minimum Gasteiger partial charge on any atom is -0.493 e. The lowest BCUT2D eigenvalue weighted by molar-refractivity contribution is 0.0743. The maximum atomic E-state index is 12.7. The number of likely N-dealkylation sites (N-methyl/N-ethyl adjacent to an activating group) is 1. The van der Waals surface area contributed by atoms with E-state index in [1.54, 1.807) is 24.1 Å². The molecule has 1 aromatic carbocycles. The van der Waals surface area contributed by atoms with E-state index < -0.39 is 0 Å². The van der Waals surface area contributed by atoms with Gasteiger partial charge in [-0.2, -0.15) is 0 Å². The molecule has 0 saturated carbocycles. The van der Waals surface area contributed by atoms with E-state index in [4.69, 9.17) is 21.1 Å². The number of ether oxygens (including phenoxy) is 2. The number of hydrogen-bond acceptors (Lipinski definition) is 4. The molecule has 0 bridgehead atoms. The van der Waals surface area contributed by atoms with Crippen LogP contribution in [0, 0.1) is 0 Å². The van der Waals surface area contributed by atoms with Crippen LogP contribution in [-0.4, -0.2) is 50.7 Å². The minimum atomic E-state index is -0.0565. The van der Waals surface area contributed by atoms with Gasteiger partial charge in [-0.15, -0.1) is 12.4 Å². The molecule has 1 aliphatic rings. The summed E-state index contributed by atoms with van der Waals surface area (Å²) < 4.78 is 11.1. The summed E-state index contributed by atoms with van der Waals surface area (Å²) in [5, 5.41) is 3.67. The van der Waals surface area contributed by atoms with E-state index in [9.17, 15) is 4.79 Å². The van der Waals surface area contributed by atoms with Crippen molar-refractivity contribution in [3.05, 3.63) is 22.7 Å². The first kappa shape index (κ1) is 20.9. The van der Waals surface area contributed by atoms with Gasteiger partial charge in [0.25, 0.3) is 5.91 Å². The lowest BCUT2D eigenvalue weighted by Gasteiger charge is -2.24. The van der Waals surface area contributed by atoms with Crippen LogP contribution in [0.2, 0.25) is 5.02 Å². The Morgan fingerprint density at radius 3 is 2.79 bits per heavy atom. The molecule has 136 valence electrons. The third-order valence-electron chi connectivity index (χ3n) is 4.12. The van der Waals surface area contributed by atoms with Gasteiger partial charge < -0.3 is 19.7 Å². The molecule has 0 aliphatic carbocycles. The first-order chi connectivity index (χ1) is 11.1. The van der Waals surface area contributed by atoms with Gasteiger partial charge in [-0.05, 0) is 31.5 Å². The van der Waals surface area contributed by atoms with Gasteiger partial charge in [0.2, 0.25) is 0 Å². The standard InChI is InChI=1S/C17H25ClN2O3.ClH/c1-4-5-8-23-16-14(18)9-12(10-15(16)22-3)17(21)20(2)13-6-7-19-11-13;/h9-10,13,19H,4-8,11H2,1-3H3;1H. The van der Waals surface area contributed by atoms with E-state index in [-0.39, 0.29) is 24.4 Å². The summed E-state index contributed by atoms with van der Waals surface area (Å²) in [5.41, 5.74) is 0.518. The summed E-state index contributed by atoms with van der Waals surface area (Å²) in [5.74, 6) is 0.943. The maximum absolute atomic E-state index is 12.7. The Balaban J connectivity index is 0.00000288. The Morgan fingerprint density at radius 1 is 1.46 bits per heavy atom. The highest BCUT2D eigenvalue weighted by Crippen LogP contribution is 2.37. The van der Waals surface area contributed by atoms with Gasteiger partial charge in [-0.25, -0.2) is 0 Å². The predicted octanol–water partition coefficient (Wildman–Crippen LogP) is 3.38. The molecule has 2 rings (SSSR count). The van der Waals surface area contributed by atoms with Crippen LogP contribution in [0.25, 0.3) is 0 Å². The highest BCUT2D eigenvalue weighted by Gasteiger charge is 2.25. The van der Waals surface area contributed by atoms with Crippen LogP contribution < -0.4 is 14.8 Å². The van der Waals surface area contributed by atoms with Gasteiger partial charge in [-0.1, -0.05) is 24.9 Å². The van der Waals surface area contributed by atoms with Crippen molar-refractivity contribution < 1.29 is 14.3 Å². The largest absolute Gasteiger partial charge is 0.493 e. The number of halogens is 2. The van der Waals surface area contributed by atoms with E-state index in [0.717, 1.165) is 32.4 Å². The average Bonchev–Trinajstić information content (AvgIpc) is 3.09. The minimum absolute atomic E-state index is 0. The summed E-state index contributed by atoms with van der Waals surface area (Å²) in [6, 6.07) is 3.58. The highest BCUT2D eigenvalue weighted by atomic mass is 35.5. The first-order valence-corrected chi connectivity index (χ1v) is 8.44. The van der Waals surface area contributed by atoms with Gasteiger partial charge in [0.1, 0.15) is 0 Å². The Hall–Kier alpha value is -1.17. The number of amides is 1. The van der Waals surface area contributed by atoms with E-state index in [1.807, 2.05) is 7.05 Å². The molecule has 1 N–H and O–H groups in total. The molecular weight excluding hydrogens is 351 g/mol. The zero-order chi connectivity index (χ0) is 16.8. The normalized spacial score (nSPS) is 16.4. The second kappa shape index (κ2) is 9.97. The summed E-state index contributed by atoms with van der Waals surface area (Å²) in [6.45, 7) is 4.44. The fraction of sp³-hybridized carbons (Fsp3) is 0.588. The van der Waals surface area contributed by atoms with Crippen molar-refractivity contribution in [2.24, 2.45) is 0 Å². The van der Waals surface area contributed by atoms with Crippen LogP contribution >= 0.6 is 24.0 Å². The van der Waals surface area contributed by atoms with Crippen LogP contribution in [0.5, 0.6) is 11.5 Å². The topological polar surface area (TPSA) is 50.8 Å². The van der Waals surface area contributed by atoms with Crippen LogP contribution in [0.15, 0.2) is 12.1 Å². The lowest BCUT2D eigenvalue weighted by atomic mass is 10.1. The second-order valence-electron chi connectivity index (χ2n) is 5.75. The Labute approximate surface area is 155 Å². The molecular formula is C17H26Cl2N2O3. The van der Waals surface area contributed by atoms with Crippen molar-refractivity contribution in [2.45, 2.75) is 32.2 Å². The molecule has 1 aliphatic heterocycles. The fourth-order valence-corrected chi connectivity index (χ4v) is 2.91. The van der Waals surface area contributed by atoms with Gasteiger partial charge in [0, 0.05) is 25.2 Å². The number of carbonyl (C=O) groups excluding carboxylic acids is 1. The van der Waals surface area contributed by atoms with Crippen molar-refractivity contribution in [1.82, 2.24) is 10.2 Å². The molecule has 1 saturated heterocycles. The van der Waals surface area contributed by atoms with E-state index in [2.05, 4.69) is 12.2 Å². The number of unbranched alkanes of at least 4 members (excludes halogenated alkanes) is 1. The summed E-state index contributed by atoms with van der Waals surface area (Å²) in [6.07, 6.45) is 2.94. The third-order valence-corrected chi connectivity index (χ3v) is 4.40. The summed E-state index contributed by atoms with van der Waals surface area (Å²) in [4.78, 5) is 14.4. The number of nitrogens with one attached hydrogen (secondary N) is 1. The summed E-state index contributed by atoms with van der Waals surface area (Å²) >= 11 is 6.31. The molecule has 1 fully saturated rings. The first-order valence-electron chi connectivity index (χ1n) is 8.06. The van der Waals surface area contributed by atoms with Crippen LogP contribution in [0.4, 0.5) is 0 Å². The van der Waals surface area contributed by atoms with Crippen LogP contribution in [-0.2, 0) is 0 Å². The molecule has 1 heterocycles. The number of benzene rings is 1. The number of nitrogens with zero attached hydrogens (tertiary/aromatic N) is 1. The molecule has 0 spiro atoms.